The number of hydrogen-bond acceptors (Lipinski definition) is 3. The highest BCUT2D eigenvalue weighted by molar-refractivity contribution is 7.89. The van der Waals surface area contributed by atoms with E-state index in [1.54, 1.807) is 6.92 Å². The molecule has 1 aromatic carbocycles. The molecule has 0 aliphatic carbocycles. The molecular weight excluding hydrogens is 283 g/mol. The molecule has 7 heteroatoms. The molecule has 5 nitrogen and oxygen atoms in total. The molecule has 1 aliphatic rings. The molecule has 1 unspecified atom stereocenters. The molecule has 1 aliphatic heterocycles. The van der Waals surface area contributed by atoms with E-state index in [9.17, 15) is 17.6 Å². The maximum absolute atomic E-state index is 13.7. The van der Waals surface area contributed by atoms with Gasteiger partial charge in [0, 0.05) is 19.0 Å². The van der Waals surface area contributed by atoms with Crippen molar-refractivity contribution in [3.63, 3.8) is 0 Å². The van der Waals surface area contributed by atoms with Gasteiger partial charge in [-0.05, 0) is 37.5 Å². The Kier molecular flexibility index (Phi) is 4.39. The van der Waals surface area contributed by atoms with E-state index in [-0.39, 0.29) is 23.3 Å². The molecule has 2 N–H and O–H groups in total. The lowest BCUT2D eigenvalue weighted by molar-refractivity contribution is -0.120. The summed E-state index contributed by atoms with van der Waals surface area (Å²) in [5.41, 5.74) is 0.671. The smallest absolute Gasteiger partial charge is 0.243 e. The number of aryl methyl sites for hydroxylation is 1. The first-order valence-corrected chi connectivity index (χ1v) is 7.92. The van der Waals surface area contributed by atoms with Gasteiger partial charge in [-0.15, -0.1) is 0 Å². The quantitative estimate of drug-likeness (QED) is 0.877. The van der Waals surface area contributed by atoms with Gasteiger partial charge in [-0.2, -0.15) is 0 Å². The zero-order chi connectivity index (χ0) is 14.8. The topological polar surface area (TPSA) is 75.3 Å². The van der Waals surface area contributed by atoms with Crippen LogP contribution in [0.1, 0.15) is 24.8 Å². The Labute approximate surface area is 117 Å². The van der Waals surface area contributed by atoms with Crippen molar-refractivity contribution in [2.45, 2.75) is 37.1 Å². The molecular formula is C13H17FN2O3S. The summed E-state index contributed by atoms with van der Waals surface area (Å²) < 4.78 is 40.6. The highest BCUT2D eigenvalue weighted by Crippen LogP contribution is 2.18. The predicted octanol–water partition coefficient (Wildman–Crippen LogP) is 1.08. The van der Waals surface area contributed by atoms with Gasteiger partial charge >= 0.3 is 0 Å². The van der Waals surface area contributed by atoms with E-state index in [2.05, 4.69) is 10.0 Å². The third kappa shape index (κ3) is 3.55. The standard InChI is InChI=1S/C13H17FN2O3S/c1-9-2-4-11(14)12(8-9)20(18,19)16-10-3-5-13(17)15-7-6-10/h2,4,8,10,16H,3,5-7H2,1H3,(H,15,17). The Bertz CT molecular complexity index is 616. The third-order valence-corrected chi connectivity index (χ3v) is 4.77. The summed E-state index contributed by atoms with van der Waals surface area (Å²) >= 11 is 0. The van der Waals surface area contributed by atoms with Crippen molar-refractivity contribution in [3.8, 4) is 0 Å². The van der Waals surface area contributed by atoms with E-state index < -0.39 is 15.8 Å². The zero-order valence-electron chi connectivity index (χ0n) is 11.1. The number of nitrogens with one attached hydrogen (secondary N) is 2. The Hall–Kier alpha value is -1.47. The van der Waals surface area contributed by atoms with Gasteiger partial charge in [0.2, 0.25) is 15.9 Å². The summed E-state index contributed by atoms with van der Waals surface area (Å²) in [4.78, 5) is 10.9. The van der Waals surface area contributed by atoms with E-state index in [4.69, 9.17) is 0 Å². The molecule has 1 heterocycles. The second-order valence-electron chi connectivity index (χ2n) is 4.93. The van der Waals surface area contributed by atoms with Crippen molar-refractivity contribution >= 4 is 15.9 Å². The van der Waals surface area contributed by atoms with Crippen LogP contribution in [0.25, 0.3) is 0 Å². The SMILES string of the molecule is Cc1ccc(F)c(S(=O)(=O)NC2CCNC(=O)CC2)c1. The molecule has 1 saturated heterocycles. The zero-order valence-corrected chi connectivity index (χ0v) is 12.0. The van der Waals surface area contributed by atoms with Crippen LogP contribution in [-0.2, 0) is 14.8 Å². The fourth-order valence-electron chi connectivity index (χ4n) is 2.14. The molecule has 0 bridgehead atoms. The Morgan fingerprint density at radius 2 is 2.10 bits per heavy atom. The second-order valence-corrected chi connectivity index (χ2v) is 6.61. The van der Waals surface area contributed by atoms with Crippen LogP contribution < -0.4 is 10.0 Å². The number of hydrogen-bond donors (Lipinski definition) is 2. The molecule has 0 saturated carbocycles. The predicted molar refractivity (Wildman–Crippen MR) is 72.1 cm³/mol. The van der Waals surface area contributed by atoms with E-state index in [1.165, 1.54) is 12.1 Å². The maximum atomic E-state index is 13.7. The van der Waals surface area contributed by atoms with Crippen LogP contribution in [0, 0.1) is 12.7 Å². The fourth-order valence-corrected chi connectivity index (χ4v) is 3.61. The summed E-state index contributed by atoms with van der Waals surface area (Å²) in [6.07, 6.45) is 1.18. The highest BCUT2D eigenvalue weighted by atomic mass is 32.2. The average Bonchev–Trinajstić information content (AvgIpc) is 2.57. The van der Waals surface area contributed by atoms with Gasteiger partial charge in [0.1, 0.15) is 10.7 Å². The van der Waals surface area contributed by atoms with Crippen molar-refractivity contribution < 1.29 is 17.6 Å². The van der Waals surface area contributed by atoms with Crippen LogP contribution in [0.4, 0.5) is 4.39 Å². The minimum absolute atomic E-state index is 0.0894. The molecule has 2 rings (SSSR count). The molecule has 20 heavy (non-hydrogen) atoms. The number of carbonyl (C=O) groups is 1. The number of amides is 1. The van der Waals surface area contributed by atoms with E-state index in [0.717, 1.165) is 6.07 Å². The maximum Gasteiger partial charge on any atom is 0.243 e. The summed E-state index contributed by atoms with van der Waals surface area (Å²) in [6.45, 7) is 2.12. The molecule has 0 radical (unpaired) electrons. The first kappa shape index (κ1) is 14.9. The average molecular weight is 300 g/mol. The van der Waals surface area contributed by atoms with Crippen molar-refractivity contribution in [2.24, 2.45) is 0 Å². The number of sulfonamides is 1. The third-order valence-electron chi connectivity index (χ3n) is 3.23. The number of benzene rings is 1. The van der Waals surface area contributed by atoms with E-state index in [1.807, 2.05) is 0 Å². The lowest BCUT2D eigenvalue weighted by Gasteiger charge is -2.16. The number of halogens is 1. The van der Waals surface area contributed by atoms with E-state index in [0.29, 0.717) is 24.9 Å². The van der Waals surface area contributed by atoms with Crippen LogP contribution >= 0.6 is 0 Å². The number of carbonyl (C=O) groups excluding carboxylic acids is 1. The van der Waals surface area contributed by atoms with Gasteiger partial charge < -0.3 is 5.32 Å². The molecule has 0 aromatic heterocycles. The van der Waals surface area contributed by atoms with E-state index >= 15 is 0 Å². The Morgan fingerprint density at radius 3 is 2.85 bits per heavy atom. The normalized spacial score (nSPS) is 20.3. The molecule has 1 amide bonds. The first-order chi connectivity index (χ1) is 9.38. The summed E-state index contributed by atoms with van der Waals surface area (Å²) in [5.74, 6) is -0.862. The number of rotatable bonds is 3. The minimum atomic E-state index is -3.91. The first-order valence-electron chi connectivity index (χ1n) is 6.44. The largest absolute Gasteiger partial charge is 0.356 e. The molecule has 1 atom stereocenters. The van der Waals surface area contributed by atoms with Crippen molar-refractivity contribution in [2.75, 3.05) is 6.54 Å². The summed E-state index contributed by atoms with van der Waals surface area (Å²) in [5, 5.41) is 2.67. The van der Waals surface area contributed by atoms with Crippen molar-refractivity contribution in [1.29, 1.82) is 0 Å². The van der Waals surface area contributed by atoms with Crippen molar-refractivity contribution in [1.82, 2.24) is 10.0 Å². The molecule has 0 spiro atoms. The second kappa shape index (κ2) is 5.88. The van der Waals surface area contributed by atoms with Crippen molar-refractivity contribution in [3.05, 3.63) is 29.6 Å². The fraction of sp³-hybridized carbons (Fsp3) is 0.462. The molecule has 1 fully saturated rings. The van der Waals surface area contributed by atoms with Gasteiger partial charge in [-0.1, -0.05) is 6.07 Å². The van der Waals surface area contributed by atoms with Gasteiger partial charge in [-0.3, -0.25) is 4.79 Å². The lowest BCUT2D eigenvalue weighted by Crippen LogP contribution is -2.35. The Balaban J connectivity index is 2.18. The van der Waals surface area contributed by atoms with Crippen LogP contribution in [0.15, 0.2) is 23.1 Å². The summed E-state index contributed by atoms with van der Waals surface area (Å²) in [6, 6.07) is 3.60. The van der Waals surface area contributed by atoms with Crippen LogP contribution in [0.2, 0.25) is 0 Å². The molecule has 110 valence electrons. The van der Waals surface area contributed by atoms with Gasteiger partial charge in [0.25, 0.3) is 0 Å². The highest BCUT2D eigenvalue weighted by Gasteiger charge is 2.25. The minimum Gasteiger partial charge on any atom is -0.356 e. The van der Waals surface area contributed by atoms with Gasteiger partial charge in [-0.25, -0.2) is 17.5 Å². The van der Waals surface area contributed by atoms with Crippen LogP contribution in [0.5, 0.6) is 0 Å². The van der Waals surface area contributed by atoms with Gasteiger partial charge in [0.05, 0.1) is 0 Å². The van der Waals surface area contributed by atoms with Crippen LogP contribution in [-0.4, -0.2) is 26.9 Å². The lowest BCUT2D eigenvalue weighted by atomic mass is 10.1. The monoisotopic (exact) mass is 300 g/mol. The van der Waals surface area contributed by atoms with Crippen LogP contribution in [0.3, 0.4) is 0 Å². The summed E-state index contributed by atoms with van der Waals surface area (Å²) in [7, 11) is -3.91. The van der Waals surface area contributed by atoms with Gasteiger partial charge in [0.15, 0.2) is 0 Å². The Morgan fingerprint density at radius 1 is 1.35 bits per heavy atom. The molecule has 1 aromatic rings.